The number of benzene rings is 1. The SMILES string of the molecule is CCCOC(=NCCCOC1C=C2CC[C@@H](CC(=O)O)C2=CC1)c1ccc(COC)cc1. The van der Waals surface area contributed by atoms with Crippen LogP contribution in [0.15, 0.2) is 52.6 Å². The van der Waals surface area contributed by atoms with Crippen molar-refractivity contribution < 1.29 is 24.1 Å². The largest absolute Gasteiger partial charge is 0.481 e. The molecule has 174 valence electrons. The first kappa shape index (κ1) is 24.2. The smallest absolute Gasteiger partial charge is 0.303 e. The summed E-state index contributed by atoms with van der Waals surface area (Å²) in [5, 5.41) is 9.08. The Bertz CT molecular complexity index is 840. The molecule has 6 heteroatoms. The van der Waals surface area contributed by atoms with E-state index in [2.05, 4.69) is 24.1 Å². The number of aliphatic imine (C=N–C) groups is 1. The molecular formula is C26H35NO5. The molecule has 0 aliphatic heterocycles. The van der Waals surface area contributed by atoms with E-state index in [0.717, 1.165) is 43.2 Å². The van der Waals surface area contributed by atoms with Gasteiger partial charge < -0.3 is 19.3 Å². The number of hydrogen-bond donors (Lipinski definition) is 1. The normalized spacial score (nSPS) is 20.5. The standard InChI is InChI=1S/C26H35NO5/c1-3-14-32-26(20-7-5-19(6-8-20)18-30-2)27-13-4-15-31-23-11-12-24-21(16-23)9-10-22(24)17-25(28)29/h5-8,12,16,22-23H,3-4,9-11,13-15,17-18H2,1-2H3,(H,28,29)/t22-,23?/m0/s1. The van der Waals surface area contributed by atoms with E-state index < -0.39 is 5.97 Å². The number of ether oxygens (including phenoxy) is 3. The predicted molar refractivity (Wildman–Crippen MR) is 125 cm³/mol. The van der Waals surface area contributed by atoms with Crippen molar-refractivity contribution in [2.75, 3.05) is 26.9 Å². The number of allylic oxidation sites excluding steroid dienone is 2. The second-order valence-corrected chi connectivity index (χ2v) is 8.35. The molecule has 1 N–H and O–H groups in total. The van der Waals surface area contributed by atoms with Gasteiger partial charge in [-0.25, -0.2) is 0 Å². The number of methoxy groups -OCH3 is 1. The number of hydrogen-bond acceptors (Lipinski definition) is 5. The number of fused-ring (bicyclic) bond motifs is 1. The van der Waals surface area contributed by atoms with Gasteiger partial charge in [-0.2, -0.15) is 0 Å². The van der Waals surface area contributed by atoms with Crippen molar-refractivity contribution >= 4 is 11.9 Å². The zero-order valence-corrected chi connectivity index (χ0v) is 19.2. The number of carbonyl (C=O) groups is 1. The summed E-state index contributed by atoms with van der Waals surface area (Å²) >= 11 is 0. The molecule has 0 amide bonds. The van der Waals surface area contributed by atoms with Gasteiger partial charge in [0.15, 0.2) is 0 Å². The van der Waals surface area contributed by atoms with Crippen molar-refractivity contribution in [2.45, 2.75) is 58.2 Å². The van der Waals surface area contributed by atoms with Crippen LogP contribution in [-0.2, 0) is 25.6 Å². The number of carboxylic acid groups (broad SMARTS) is 1. The summed E-state index contributed by atoms with van der Waals surface area (Å²) in [4.78, 5) is 15.7. The van der Waals surface area contributed by atoms with Crippen molar-refractivity contribution in [3.05, 3.63) is 58.7 Å². The molecule has 1 unspecified atom stereocenters. The molecular weight excluding hydrogens is 406 g/mol. The Morgan fingerprint density at radius 2 is 2.03 bits per heavy atom. The lowest BCUT2D eigenvalue weighted by Crippen LogP contribution is -2.16. The molecule has 2 aliphatic carbocycles. The van der Waals surface area contributed by atoms with Crippen LogP contribution in [0.5, 0.6) is 0 Å². The molecule has 1 fully saturated rings. The maximum absolute atomic E-state index is 11.0. The molecule has 1 aromatic rings. The van der Waals surface area contributed by atoms with Gasteiger partial charge in [-0.05, 0) is 66.9 Å². The van der Waals surface area contributed by atoms with Crippen molar-refractivity contribution in [1.82, 2.24) is 0 Å². The van der Waals surface area contributed by atoms with E-state index in [9.17, 15) is 4.79 Å². The fourth-order valence-electron chi connectivity index (χ4n) is 4.25. The first-order chi connectivity index (χ1) is 15.6. The van der Waals surface area contributed by atoms with Crippen molar-refractivity contribution in [3.63, 3.8) is 0 Å². The lowest BCUT2D eigenvalue weighted by Gasteiger charge is -2.20. The molecule has 1 saturated carbocycles. The van der Waals surface area contributed by atoms with E-state index in [1.165, 1.54) is 11.1 Å². The molecule has 0 heterocycles. The second kappa shape index (κ2) is 12.6. The Labute approximate surface area is 191 Å². The summed E-state index contributed by atoms with van der Waals surface area (Å²) in [6, 6.07) is 8.12. The minimum Gasteiger partial charge on any atom is -0.481 e. The quantitative estimate of drug-likeness (QED) is 0.283. The van der Waals surface area contributed by atoms with Gasteiger partial charge >= 0.3 is 5.97 Å². The molecule has 3 rings (SSSR count). The summed E-state index contributed by atoms with van der Waals surface area (Å²) in [5.41, 5.74) is 4.60. The molecule has 6 nitrogen and oxygen atoms in total. The van der Waals surface area contributed by atoms with Gasteiger partial charge in [-0.1, -0.05) is 31.2 Å². The van der Waals surface area contributed by atoms with Gasteiger partial charge in [0, 0.05) is 25.8 Å². The van der Waals surface area contributed by atoms with Crippen molar-refractivity contribution in [3.8, 4) is 0 Å². The van der Waals surface area contributed by atoms with E-state index in [1.54, 1.807) is 7.11 Å². The molecule has 0 spiro atoms. The zero-order chi connectivity index (χ0) is 22.8. The summed E-state index contributed by atoms with van der Waals surface area (Å²) in [6.45, 7) is 4.59. The van der Waals surface area contributed by atoms with Crippen LogP contribution in [0.1, 0.15) is 56.6 Å². The van der Waals surface area contributed by atoms with Crippen LogP contribution >= 0.6 is 0 Å². The van der Waals surface area contributed by atoms with E-state index in [0.29, 0.717) is 32.3 Å². The molecule has 2 aliphatic rings. The monoisotopic (exact) mass is 441 g/mol. The van der Waals surface area contributed by atoms with Gasteiger partial charge in [-0.15, -0.1) is 0 Å². The van der Waals surface area contributed by atoms with Crippen LogP contribution in [0, 0.1) is 5.92 Å². The minimum atomic E-state index is -0.718. The first-order valence-corrected chi connectivity index (χ1v) is 11.6. The highest BCUT2D eigenvalue weighted by Gasteiger charge is 2.30. The minimum absolute atomic E-state index is 0.0745. The highest BCUT2D eigenvalue weighted by molar-refractivity contribution is 5.94. The second-order valence-electron chi connectivity index (χ2n) is 8.35. The number of aliphatic carboxylic acids is 1. The zero-order valence-electron chi connectivity index (χ0n) is 19.2. The Balaban J connectivity index is 1.46. The summed E-state index contributed by atoms with van der Waals surface area (Å²) in [6.07, 6.45) is 9.13. The third-order valence-corrected chi connectivity index (χ3v) is 5.80. The van der Waals surface area contributed by atoms with Gasteiger partial charge in [0.1, 0.15) is 0 Å². The van der Waals surface area contributed by atoms with Crippen LogP contribution in [-0.4, -0.2) is 49.9 Å². The third-order valence-electron chi connectivity index (χ3n) is 5.80. The molecule has 1 aromatic carbocycles. The summed E-state index contributed by atoms with van der Waals surface area (Å²) in [7, 11) is 1.69. The lowest BCUT2D eigenvalue weighted by atomic mass is 9.92. The van der Waals surface area contributed by atoms with Gasteiger partial charge in [-0.3, -0.25) is 9.79 Å². The van der Waals surface area contributed by atoms with E-state index in [-0.39, 0.29) is 18.4 Å². The number of rotatable bonds is 12. The van der Waals surface area contributed by atoms with Crippen molar-refractivity contribution in [1.29, 1.82) is 0 Å². The first-order valence-electron chi connectivity index (χ1n) is 11.6. The molecule has 0 saturated heterocycles. The predicted octanol–water partition coefficient (Wildman–Crippen LogP) is 4.92. The van der Waals surface area contributed by atoms with Gasteiger partial charge in [0.25, 0.3) is 0 Å². The Hall–Kier alpha value is -2.44. The maximum Gasteiger partial charge on any atom is 0.303 e. The van der Waals surface area contributed by atoms with Crippen LogP contribution in [0.25, 0.3) is 0 Å². The third kappa shape index (κ3) is 7.04. The lowest BCUT2D eigenvalue weighted by molar-refractivity contribution is -0.137. The molecule has 0 radical (unpaired) electrons. The van der Waals surface area contributed by atoms with E-state index in [4.69, 9.17) is 19.3 Å². The Morgan fingerprint density at radius 1 is 1.22 bits per heavy atom. The van der Waals surface area contributed by atoms with Crippen LogP contribution < -0.4 is 0 Å². The fourth-order valence-corrected chi connectivity index (χ4v) is 4.25. The molecule has 0 bridgehead atoms. The van der Waals surface area contributed by atoms with Gasteiger partial charge in [0.2, 0.25) is 5.90 Å². The van der Waals surface area contributed by atoms with Gasteiger partial charge in [0.05, 0.1) is 25.7 Å². The van der Waals surface area contributed by atoms with Crippen LogP contribution in [0.2, 0.25) is 0 Å². The highest BCUT2D eigenvalue weighted by Crippen LogP contribution is 2.41. The van der Waals surface area contributed by atoms with Crippen LogP contribution in [0.4, 0.5) is 0 Å². The highest BCUT2D eigenvalue weighted by atomic mass is 16.5. The average molecular weight is 442 g/mol. The summed E-state index contributed by atoms with van der Waals surface area (Å²) in [5.74, 6) is 0.127. The maximum atomic E-state index is 11.0. The summed E-state index contributed by atoms with van der Waals surface area (Å²) < 4.78 is 17.1. The Morgan fingerprint density at radius 3 is 2.75 bits per heavy atom. The topological polar surface area (TPSA) is 77.4 Å². The molecule has 0 aromatic heterocycles. The molecule has 32 heavy (non-hydrogen) atoms. The van der Waals surface area contributed by atoms with E-state index >= 15 is 0 Å². The molecule has 2 atom stereocenters. The average Bonchev–Trinajstić information content (AvgIpc) is 3.18. The number of carboxylic acids is 1. The van der Waals surface area contributed by atoms with E-state index in [1.807, 2.05) is 24.3 Å². The fraction of sp³-hybridized carbons (Fsp3) is 0.538. The Kier molecular flexibility index (Phi) is 9.50. The van der Waals surface area contributed by atoms with Crippen molar-refractivity contribution in [2.24, 2.45) is 10.9 Å². The van der Waals surface area contributed by atoms with Crippen LogP contribution in [0.3, 0.4) is 0 Å². The number of nitrogens with zero attached hydrogens (tertiary/aromatic N) is 1.